The van der Waals surface area contributed by atoms with Gasteiger partial charge in [0.1, 0.15) is 5.75 Å². The van der Waals surface area contributed by atoms with E-state index < -0.39 is 0 Å². The van der Waals surface area contributed by atoms with Crippen molar-refractivity contribution < 1.29 is 9.53 Å². The Morgan fingerprint density at radius 1 is 1.47 bits per heavy atom. The molecular weight excluding hydrogens is 238 g/mol. The molecule has 0 spiro atoms. The molecule has 0 saturated carbocycles. The lowest BCUT2D eigenvalue weighted by Crippen LogP contribution is -2.25. The van der Waals surface area contributed by atoms with E-state index in [9.17, 15) is 4.79 Å². The van der Waals surface area contributed by atoms with Crippen LogP contribution in [0.3, 0.4) is 0 Å². The number of ether oxygens (including phenoxy) is 1. The maximum atomic E-state index is 11.8. The summed E-state index contributed by atoms with van der Waals surface area (Å²) in [5.74, 6) is 1.08. The predicted molar refractivity (Wildman–Crippen MR) is 69.8 cm³/mol. The van der Waals surface area contributed by atoms with Crippen molar-refractivity contribution in [3.05, 3.63) is 28.8 Å². The minimum atomic E-state index is -0.140. The van der Waals surface area contributed by atoms with E-state index in [1.165, 1.54) is 0 Å². The number of rotatable bonds is 5. The van der Waals surface area contributed by atoms with Gasteiger partial charge >= 0.3 is 0 Å². The molecular formula is C13H18ClNO2. The van der Waals surface area contributed by atoms with Gasteiger partial charge in [0.05, 0.1) is 17.7 Å². The van der Waals surface area contributed by atoms with Crippen molar-refractivity contribution in [3.63, 3.8) is 0 Å². The topological polar surface area (TPSA) is 38.3 Å². The minimum absolute atomic E-state index is 0.140. The fraction of sp³-hybridized carbons (Fsp3) is 0.462. The van der Waals surface area contributed by atoms with Crippen molar-refractivity contribution in [3.8, 4) is 5.75 Å². The molecule has 3 nitrogen and oxygen atoms in total. The lowest BCUT2D eigenvalue weighted by Gasteiger charge is -2.09. The van der Waals surface area contributed by atoms with E-state index in [1.54, 1.807) is 25.3 Å². The second-order valence-electron chi connectivity index (χ2n) is 4.28. The third kappa shape index (κ3) is 4.27. The lowest BCUT2D eigenvalue weighted by atomic mass is 10.1. The molecule has 0 aliphatic carbocycles. The third-order valence-electron chi connectivity index (χ3n) is 2.43. The van der Waals surface area contributed by atoms with E-state index in [-0.39, 0.29) is 5.91 Å². The summed E-state index contributed by atoms with van der Waals surface area (Å²) < 4.78 is 5.03. The average Bonchev–Trinajstić information content (AvgIpc) is 2.28. The van der Waals surface area contributed by atoms with Crippen LogP contribution < -0.4 is 10.1 Å². The first-order chi connectivity index (χ1) is 8.04. The van der Waals surface area contributed by atoms with Gasteiger partial charge in [-0.25, -0.2) is 0 Å². The van der Waals surface area contributed by atoms with Crippen molar-refractivity contribution in [1.82, 2.24) is 5.32 Å². The Kier molecular flexibility index (Phi) is 5.29. The first-order valence-corrected chi connectivity index (χ1v) is 6.04. The number of carbonyl (C=O) groups is 1. The summed E-state index contributed by atoms with van der Waals surface area (Å²) in [6.45, 7) is 4.90. The molecule has 17 heavy (non-hydrogen) atoms. The van der Waals surface area contributed by atoms with Crippen LogP contribution in [-0.2, 0) is 0 Å². The number of amides is 1. The summed E-state index contributed by atoms with van der Waals surface area (Å²) in [5.41, 5.74) is 0.483. The smallest absolute Gasteiger partial charge is 0.252 e. The molecule has 0 heterocycles. The summed E-state index contributed by atoms with van der Waals surface area (Å²) in [6.07, 6.45) is 0.958. The minimum Gasteiger partial charge on any atom is -0.497 e. The van der Waals surface area contributed by atoms with Crippen LogP contribution in [0.1, 0.15) is 30.6 Å². The quantitative estimate of drug-likeness (QED) is 0.878. The molecule has 1 rings (SSSR count). The highest BCUT2D eigenvalue weighted by atomic mass is 35.5. The fourth-order valence-electron chi connectivity index (χ4n) is 1.38. The van der Waals surface area contributed by atoms with E-state index >= 15 is 0 Å². The number of hydrogen-bond donors (Lipinski definition) is 1. The zero-order valence-corrected chi connectivity index (χ0v) is 11.2. The maximum Gasteiger partial charge on any atom is 0.252 e. The normalized spacial score (nSPS) is 10.4. The largest absolute Gasteiger partial charge is 0.497 e. The fourth-order valence-corrected chi connectivity index (χ4v) is 1.63. The number of methoxy groups -OCH3 is 1. The molecule has 0 atom stereocenters. The second-order valence-corrected chi connectivity index (χ2v) is 4.69. The number of hydrogen-bond acceptors (Lipinski definition) is 2. The Morgan fingerprint density at radius 3 is 2.71 bits per heavy atom. The van der Waals surface area contributed by atoms with Gasteiger partial charge in [0.25, 0.3) is 5.91 Å². The van der Waals surface area contributed by atoms with Crippen LogP contribution in [0.25, 0.3) is 0 Å². The maximum absolute atomic E-state index is 11.8. The van der Waals surface area contributed by atoms with E-state index in [0.29, 0.717) is 28.8 Å². The Bertz CT molecular complexity index is 391. The van der Waals surface area contributed by atoms with Crippen molar-refractivity contribution in [2.75, 3.05) is 13.7 Å². The summed E-state index contributed by atoms with van der Waals surface area (Å²) >= 11 is 6.00. The predicted octanol–water partition coefficient (Wildman–Crippen LogP) is 3.12. The number of nitrogens with one attached hydrogen (secondary N) is 1. The van der Waals surface area contributed by atoms with Gasteiger partial charge in [-0.15, -0.1) is 0 Å². The molecule has 1 aromatic carbocycles. The van der Waals surface area contributed by atoms with Gasteiger partial charge in [0, 0.05) is 6.54 Å². The Morgan fingerprint density at radius 2 is 2.18 bits per heavy atom. The average molecular weight is 256 g/mol. The van der Waals surface area contributed by atoms with Crippen LogP contribution in [0.15, 0.2) is 18.2 Å². The van der Waals surface area contributed by atoms with Gasteiger partial charge in [0.15, 0.2) is 0 Å². The molecule has 1 amide bonds. The van der Waals surface area contributed by atoms with Crippen LogP contribution >= 0.6 is 11.6 Å². The van der Waals surface area contributed by atoms with Gasteiger partial charge < -0.3 is 10.1 Å². The molecule has 0 bridgehead atoms. The Labute approximate surface area is 107 Å². The van der Waals surface area contributed by atoms with Crippen molar-refractivity contribution >= 4 is 17.5 Å². The standard InChI is InChI=1S/C13H18ClNO2/c1-9(2)6-7-15-13(16)11-5-4-10(17-3)8-12(11)14/h4-5,8-9H,6-7H2,1-3H3,(H,15,16). The molecule has 94 valence electrons. The monoisotopic (exact) mass is 255 g/mol. The Hall–Kier alpha value is -1.22. The van der Waals surface area contributed by atoms with Crippen LogP contribution in [0.5, 0.6) is 5.75 Å². The van der Waals surface area contributed by atoms with Crippen LogP contribution in [0.4, 0.5) is 0 Å². The SMILES string of the molecule is COc1ccc(C(=O)NCCC(C)C)c(Cl)c1. The van der Waals surface area contributed by atoms with Gasteiger partial charge in [-0.1, -0.05) is 25.4 Å². The molecule has 0 saturated heterocycles. The third-order valence-corrected chi connectivity index (χ3v) is 2.74. The molecule has 0 radical (unpaired) electrons. The van der Waals surface area contributed by atoms with Crippen molar-refractivity contribution in [1.29, 1.82) is 0 Å². The molecule has 0 aliphatic rings. The van der Waals surface area contributed by atoms with E-state index in [4.69, 9.17) is 16.3 Å². The highest BCUT2D eigenvalue weighted by Gasteiger charge is 2.10. The molecule has 0 aromatic heterocycles. The first-order valence-electron chi connectivity index (χ1n) is 5.66. The number of halogens is 1. The van der Waals surface area contributed by atoms with E-state index in [1.807, 2.05) is 0 Å². The van der Waals surface area contributed by atoms with E-state index in [2.05, 4.69) is 19.2 Å². The van der Waals surface area contributed by atoms with Gasteiger partial charge in [-0.2, -0.15) is 0 Å². The van der Waals surface area contributed by atoms with Crippen LogP contribution in [-0.4, -0.2) is 19.6 Å². The van der Waals surface area contributed by atoms with Crippen LogP contribution in [0, 0.1) is 5.92 Å². The lowest BCUT2D eigenvalue weighted by molar-refractivity contribution is 0.0952. The highest BCUT2D eigenvalue weighted by molar-refractivity contribution is 6.34. The first kappa shape index (κ1) is 13.8. The van der Waals surface area contributed by atoms with Crippen LogP contribution in [0.2, 0.25) is 5.02 Å². The second kappa shape index (κ2) is 6.50. The zero-order valence-electron chi connectivity index (χ0n) is 10.4. The Balaban J connectivity index is 2.63. The molecule has 0 unspecified atom stereocenters. The summed E-state index contributed by atoms with van der Waals surface area (Å²) in [6, 6.07) is 5.04. The molecule has 1 N–H and O–H groups in total. The number of carbonyl (C=O) groups excluding carboxylic acids is 1. The highest BCUT2D eigenvalue weighted by Crippen LogP contribution is 2.22. The summed E-state index contributed by atoms with van der Waals surface area (Å²) in [7, 11) is 1.56. The van der Waals surface area contributed by atoms with Crippen molar-refractivity contribution in [2.45, 2.75) is 20.3 Å². The van der Waals surface area contributed by atoms with E-state index in [0.717, 1.165) is 6.42 Å². The molecule has 1 aromatic rings. The zero-order chi connectivity index (χ0) is 12.8. The molecule has 4 heteroatoms. The van der Waals surface area contributed by atoms with Crippen molar-refractivity contribution in [2.24, 2.45) is 5.92 Å². The molecule has 0 aliphatic heterocycles. The summed E-state index contributed by atoms with van der Waals surface area (Å²) in [4.78, 5) is 11.8. The number of benzene rings is 1. The van der Waals surface area contributed by atoms with Gasteiger partial charge in [-0.05, 0) is 30.5 Å². The van der Waals surface area contributed by atoms with Gasteiger partial charge in [-0.3, -0.25) is 4.79 Å². The van der Waals surface area contributed by atoms with Gasteiger partial charge in [0.2, 0.25) is 0 Å². The molecule has 0 fully saturated rings. The summed E-state index contributed by atoms with van der Waals surface area (Å²) in [5, 5.41) is 3.25.